The van der Waals surface area contributed by atoms with E-state index in [1.807, 2.05) is 43.3 Å². The second-order valence-electron chi connectivity index (χ2n) is 5.15. The number of rotatable bonds is 3. The van der Waals surface area contributed by atoms with Gasteiger partial charge in [-0.05, 0) is 30.7 Å². The van der Waals surface area contributed by atoms with Gasteiger partial charge in [0.2, 0.25) is 5.78 Å². The maximum Gasteiger partial charge on any atom is 0.204 e. The van der Waals surface area contributed by atoms with Crippen LogP contribution < -0.4 is 0 Å². The average Bonchev–Trinajstić information content (AvgIpc) is 2.54. The first-order chi connectivity index (χ1) is 10.6. The van der Waals surface area contributed by atoms with Crippen LogP contribution in [0.2, 0.25) is 0 Å². The molecule has 22 heavy (non-hydrogen) atoms. The fourth-order valence-electron chi connectivity index (χ4n) is 2.22. The summed E-state index contributed by atoms with van der Waals surface area (Å²) >= 11 is 0. The lowest BCUT2D eigenvalue weighted by Crippen LogP contribution is -1.98. The molecule has 0 bridgehead atoms. The molecule has 1 aromatic heterocycles. The molecule has 0 radical (unpaired) electrons. The molecule has 0 unspecified atom stereocenters. The number of carbonyl (C=O) groups is 1. The third-order valence-electron chi connectivity index (χ3n) is 3.45. The summed E-state index contributed by atoms with van der Waals surface area (Å²) < 4.78 is 0. The molecule has 108 valence electrons. The van der Waals surface area contributed by atoms with Crippen LogP contribution in [0.4, 0.5) is 0 Å². The molecule has 0 saturated carbocycles. The van der Waals surface area contributed by atoms with Gasteiger partial charge in [-0.3, -0.25) is 4.79 Å². The molecular weight excluding hydrogens is 274 g/mol. The molecule has 1 N–H and O–H groups in total. The third-order valence-corrected chi connectivity index (χ3v) is 3.45. The second kappa shape index (κ2) is 5.82. The predicted molar refractivity (Wildman–Crippen MR) is 88.0 cm³/mol. The van der Waals surface area contributed by atoms with Gasteiger partial charge in [0.15, 0.2) is 0 Å². The molecule has 3 rings (SSSR count). The molecule has 0 aliphatic carbocycles. The molecule has 0 amide bonds. The highest BCUT2D eigenvalue weighted by Crippen LogP contribution is 2.24. The first kappa shape index (κ1) is 14.0. The number of allylic oxidation sites excluding steroid dienone is 1. The Balaban J connectivity index is 1.90. The quantitative estimate of drug-likeness (QED) is 0.582. The summed E-state index contributed by atoms with van der Waals surface area (Å²) in [5.74, 6) is -0.167. The van der Waals surface area contributed by atoms with Gasteiger partial charge in [-0.2, -0.15) is 0 Å². The summed E-state index contributed by atoms with van der Waals surface area (Å²) in [5, 5.41) is 10.6. The van der Waals surface area contributed by atoms with Gasteiger partial charge in [-0.1, -0.05) is 48.0 Å². The Labute approximate surface area is 128 Å². The van der Waals surface area contributed by atoms with Crippen molar-refractivity contribution in [3.8, 4) is 5.75 Å². The summed E-state index contributed by atoms with van der Waals surface area (Å²) in [6.07, 6.45) is 3.22. The molecule has 3 aromatic rings. The van der Waals surface area contributed by atoms with Crippen molar-refractivity contribution in [1.82, 2.24) is 4.98 Å². The topological polar surface area (TPSA) is 50.2 Å². The fraction of sp³-hybridized carbons (Fsp3) is 0.0526. The van der Waals surface area contributed by atoms with Crippen LogP contribution in [0, 0.1) is 6.92 Å². The van der Waals surface area contributed by atoms with Crippen molar-refractivity contribution in [2.24, 2.45) is 0 Å². The third kappa shape index (κ3) is 2.88. The lowest BCUT2D eigenvalue weighted by Gasteiger charge is -2.03. The van der Waals surface area contributed by atoms with Crippen molar-refractivity contribution < 1.29 is 9.90 Å². The summed E-state index contributed by atoms with van der Waals surface area (Å²) in [7, 11) is 0. The number of nitrogens with zero attached hydrogens (tertiary/aromatic N) is 1. The maximum absolute atomic E-state index is 12.2. The SMILES string of the molecule is Cc1ccc(C=CC(=O)c2cc(O)c3ccccc3n2)cc1. The van der Waals surface area contributed by atoms with E-state index in [-0.39, 0.29) is 17.2 Å². The molecule has 1 heterocycles. The van der Waals surface area contributed by atoms with Crippen molar-refractivity contribution in [2.75, 3.05) is 0 Å². The van der Waals surface area contributed by atoms with Gasteiger partial charge in [0.25, 0.3) is 0 Å². The van der Waals surface area contributed by atoms with Crippen LogP contribution in [0.1, 0.15) is 21.6 Å². The van der Waals surface area contributed by atoms with Crippen LogP contribution >= 0.6 is 0 Å². The molecular formula is C19H15NO2. The number of hydrogen-bond acceptors (Lipinski definition) is 3. The molecule has 3 heteroatoms. The zero-order valence-electron chi connectivity index (χ0n) is 12.2. The number of aromatic nitrogens is 1. The zero-order chi connectivity index (χ0) is 15.5. The van der Waals surface area contributed by atoms with Gasteiger partial charge in [-0.25, -0.2) is 4.98 Å². The molecule has 0 saturated heterocycles. The Hall–Kier alpha value is -2.94. The summed E-state index contributed by atoms with van der Waals surface area (Å²) in [4.78, 5) is 16.5. The number of hydrogen-bond donors (Lipinski definition) is 1. The number of ketones is 1. The molecule has 0 aliphatic heterocycles. The van der Waals surface area contributed by atoms with Gasteiger partial charge in [0, 0.05) is 11.5 Å². The lowest BCUT2D eigenvalue weighted by atomic mass is 10.1. The molecule has 0 spiro atoms. The van der Waals surface area contributed by atoms with Gasteiger partial charge in [0.05, 0.1) is 5.52 Å². The highest BCUT2D eigenvalue weighted by Gasteiger charge is 2.09. The Bertz CT molecular complexity index is 864. The Kier molecular flexibility index (Phi) is 3.71. The number of aryl methyl sites for hydroxylation is 1. The first-order valence-electron chi connectivity index (χ1n) is 7.01. The van der Waals surface area contributed by atoms with Gasteiger partial charge in [0.1, 0.15) is 11.4 Å². The summed E-state index contributed by atoms with van der Waals surface area (Å²) in [5.41, 5.74) is 2.96. The molecule has 0 atom stereocenters. The van der Waals surface area contributed by atoms with Gasteiger partial charge < -0.3 is 5.11 Å². The van der Waals surface area contributed by atoms with E-state index in [2.05, 4.69) is 4.98 Å². The normalized spacial score (nSPS) is 11.1. The first-order valence-corrected chi connectivity index (χ1v) is 7.01. The van der Waals surface area contributed by atoms with Crippen LogP contribution in [0.25, 0.3) is 17.0 Å². The molecule has 2 aromatic carbocycles. The van der Waals surface area contributed by atoms with Crippen LogP contribution in [-0.4, -0.2) is 15.9 Å². The van der Waals surface area contributed by atoms with E-state index in [0.717, 1.165) is 5.56 Å². The van der Waals surface area contributed by atoms with E-state index in [1.165, 1.54) is 17.7 Å². The van der Waals surface area contributed by atoms with Crippen LogP contribution in [-0.2, 0) is 0 Å². The Morgan fingerprint density at radius 3 is 2.59 bits per heavy atom. The van der Waals surface area contributed by atoms with Crippen LogP contribution in [0.3, 0.4) is 0 Å². The maximum atomic E-state index is 12.2. The minimum atomic E-state index is -0.235. The van der Waals surface area contributed by atoms with Crippen molar-refractivity contribution >= 4 is 22.8 Å². The van der Waals surface area contributed by atoms with Crippen LogP contribution in [0.15, 0.2) is 60.7 Å². The van der Waals surface area contributed by atoms with E-state index < -0.39 is 0 Å². The summed E-state index contributed by atoms with van der Waals surface area (Å²) in [6, 6.07) is 16.5. The number of aromatic hydroxyl groups is 1. The van der Waals surface area contributed by atoms with Gasteiger partial charge in [-0.15, -0.1) is 0 Å². The lowest BCUT2D eigenvalue weighted by molar-refractivity contribution is 0.104. The smallest absolute Gasteiger partial charge is 0.204 e. The minimum absolute atomic E-state index is 0.0673. The number of pyridine rings is 1. The zero-order valence-corrected chi connectivity index (χ0v) is 12.2. The van der Waals surface area contributed by atoms with E-state index in [9.17, 15) is 9.90 Å². The monoisotopic (exact) mass is 289 g/mol. The van der Waals surface area contributed by atoms with E-state index >= 15 is 0 Å². The summed E-state index contributed by atoms with van der Waals surface area (Å²) in [6.45, 7) is 2.01. The van der Waals surface area contributed by atoms with E-state index in [4.69, 9.17) is 0 Å². The Morgan fingerprint density at radius 2 is 1.82 bits per heavy atom. The number of carbonyl (C=O) groups excluding carboxylic acids is 1. The highest BCUT2D eigenvalue weighted by atomic mass is 16.3. The fourth-order valence-corrected chi connectivity index (χ4v) is 2.22. The second-order valence-corrected chi connectivity index (χ2v) is 5.15. The van der Waals surface area contributed by atoms with Gasteiger partial charge >= 0.3 is 0 Å². The predicted octanol–water partition coefficient (Wildman–Crippen LogP) is 4.14. The van der Waals surface area contributed by atoms with E-state index in [1.54, 1.807) is 18.2 Å². The standard InChI is InChI=1S/C19H15NO2/c1-13-6-8-14(9-7-13)10-11-18(21)17-12-19(22)15-4-2-3-5-16(15)20-17/h2-12H,1H3,(H,20,22). The molecule has 3 nitrogen and oxygen atoms in total. The molecule has 0 aliphatic rings. The van der Waals surface area contributed by atoms with Crippen molar-refractivity contribution in [3.05, 3.63) is 77.5 Å². The minimum Gasteiger partial charge on any atom is -0.507 e. The number of para-hydroxylation sites is 1. The largest absolute Gasteiger partial charge is 0.507 e. The van der Waals surface area contributed by atoms with Crippen molar-refractivity contribution in [2.45, 2.75) is 6.92 Å². The van der Waals surface area contributed by atoms with Crippen molar-refractivity contribution in [3.63, 3.8) is 0 Å². The number of benzene rings is 2. The Morgan fingerprint density at radius 1 is 1.09 bits per heavy atom. The number of fused-ring (bicyclic) bond motifs is 1. The van der Waals surface area contributed by atoms with Crippen molar-refractivity contribution in [1.29, 1.82) is 0 Å². The average molecular weight is 289 g/mol. The van der Waals surface area contributed by atoms with Crippen LogP contribution in [0.5, 0.6) is 5.75 Å². The molecule has 0 fully saturated rings. The van der Waals surface area contributed by atoms with E-state index in [0.29, 0.717) is 10.9 Å². The highest BCUT2D eigenvalue weighted by molar-refractivity contribution is 6.07.